The number of sulfone groups is 1. The van der Waals surface area contributed by atoms with E-state index in [1.54, 1.807) is 30.3 Å². The quantitative estimate of drug-likeness (QED) is 0.485. The Morgan fingerprint density at radius 1 is 1.04 bits per heavy atom. The Balaban J connectivity index is 2.02. The van der Waals surface area contributed by atoms with E-state index >= 15 is 0 Å². The van der Waals surface area contributed by atoms with Crippen LogP contribution in [-0.4, -0.2) is 28.2 Å². The van der Waals surface area contributed by atoms with Crippen molar-refractivity contribution in [3.05, 3.63) is 58.2 Å². The van der Waals surface area contributed by atoms with Crippen molar-refractivity contribution >= 4 is 49.6 Å². The van der Waals surface area contributed by atoms with E-state index in [-0.39, 0.29) is 20.7 Å². The molecule has 0 saturated carbocycles. The minimum atomic E-state index is -3.87. The Labute approximate surface area is 152 Å². The molecule has 25 heavy (non-hydrogen) atoms. The second kappa shape index (κ2) is 5.66. The molecule has 0 atom stereocenters. The highest BCUT2D eigenvalue weighted by Gasteiger charge is 2.26. The Bertz CT molecular complexity index is 1230. The molecular weight excluding hydrogens is 383 g/mol. The van der Waals surface area contributed by atoms with E-state index in [1.807, 2.05) is 6.92 Å². The third kappa shape index (κ3) is 2.55. The van der Waals surface area contributed by atoms with Crippen molar-refractivity contribution in [1.29, 1.82) is 0 Å². The third-order valence-corrected chi connectivity index (χ3v) is 6.01. The zero-order valence-corrected chi connectivity index (χ0v) is 15.1. The van der Waals surface area contributed by atoms with Crippen LogP contribution in [-0.2, 0) is 9.84 Å². The van der Waals surface area contributed by atoms with Crippen LogP contribution in [0.1, 0.15) is 5.56 Å². The van der Waals surface area contributed by atoms with E-state index in [9.17, 15) is 8.42 Å². The summed E-state index contributed by atoms with van der Waals surface area (Å²) in [6.45, 7) is 1.88. The maximum absolute atomic E-state index is 12.9. The van der Waals surface area contributed by atoms with E-state index in [1.165, 1.54) is 16.6 Å². The van der Waals surface area contributed by atoms with Crippen molar-refractivity contribution < 1.29 is 8.42 Å². The standard InChI is InChI=1S/C16H10Cl2N4O2S/c1-9-2-5-11(6-3-9)25(23,24)16-15-19-14(18)12-8-10(17)4-7-13(12)22(15)21-20-16/h2-8H,1H3. The molecule has 0 aliphatic carbocycles. The molecule has 0 N–H and O–H groups in total. The average Bonchev–Trinajstić information content (AvgIpc) is 3.00. The molecule has 0 saturated heterocycles. The largest absolute Gasteiger partial charge is 0.229 e. The van der Waals surface area contributed by atoms with E-state index in [2.05, 4.69) is 15.3 Å². The third-order valence-electron chi connectivity index (χ3n) is 3.82. The molecule has 126 valence electrons. The van der Waals surface area contributed by atoms with Gasteiger partial charge in [-0.25, -0.2) is 13.4 Å². The predicted octanol–water partition coefficient (Wildman–Crippen LogP) is 3.73. The van der Waals surface area contributed by atoms with Crippen LogP contribution >= 0.6 is 23.2 Å². The predicted molar refractivity (Wildman–Crippen MR) is 94.9 cm³/mol. The molecular formula is C16H10Cl2N4O2S. The molecule has 0 fully saturated rings. The Morgan fingerprint density at radius 3 is 2.48 bits per heavy atom. The summed E-state index contributed by atoms with van der Waals surface area (Å²) in [5.41, 5.74) is 1.59. The fourth-order valence-corrected chi connectivity index (χ4v) is 4.17. The molecule has 4 rings (SSSR count). The molecule has 2 heterocycles. The Hall–Kier alpha value is -2.22. The first-order valence-electron chi connectivity index (χ1n) is 7.20. The molecule has 9 heteroatoms. The van der Waals surface area contributed by atoms with Gasteiger partial charge in [0.1, 0.15) is 5.15 Å². The highest BCUT2D eigenvalue weighted by atomic mass is 35.5. The summed E-state index contributed by atoms with van der Waals surface area (Å²) in [7, 11) is -3.87. The van der Waals surface area contributed by atoms with Crippen molar-refractivity contribution in [3.8, 4) is 0 Å². The number of nitrogens with zero attached hydrogens (tertiary/aromatic N) is 4. The van der Waals surface area contributed by atoms with E-state index < -0.39 is 9.84 Å². The van der Waals surface area contributed by atoms with Gasteiger partial charge in [0.05, 0.1) is 10.4 Å². The normalized spacial score (nSPS) is 12.1. The summed E-state index contributed by atoms with van der Waals surface area (Å²) in [5, 5.41) is 8.74. The van der Waals surface area contributed by atoms with Gasteiger partial charge in [-0.1, -0.05) is 46.1 Å². The van der Waals surface area contributed by atoms with E-state index in [0.717, 1.165) is 5.56 Å². The van der Waals surface area contributed by atoms with Gasteiger partial charge in [-0.15, -0.1) is 5.10 Å². The smallest absolute Gasteiger partial charge is 0.217 e. The highest BCUT2D eigenvalue weighted by Crippen LogP contribution is 2.29. The maximum atomic E-state index is 12.9. The van der Waals surface area contributed by atoms with Crippen LogP contribution in [0, 0.1) is 6.92 Å². The van der Waals surface area contributed by atoms with Crippen molar-refractivity contribution in [3.63, 3.8) is 0 Å². The molecule has 0 aliphatic rings. The van der Waals surface area contributed by atoms with Crippen LogP contribution in [0.4, 0.5) is 0 Å². The van der Waals surface area contributed by atoms with Crippen LogP contribution in [0.25, 0.3) is 16.6 Å². The fraction of sp³-hybridized carbons (Fsp3) is 0.0625. The van der Waals surface area contributed by atoms with Gasteiger partial charge in [-0.3, -0.25) is 0 Å². The number of fused-ring (bicyclic) bond motifs is 3. The lowest BCUT2D eigenvalue weighted by molar-refractivity contribution is 0.592. The monoisotopic (exact) mass is 392 g/mol. The number of hydrogen-bond donors (Lipinski definition) is 0. The lowest BCUT2D eigenvalue weighted by atomic mass is 10.2. The number of halogens is 2. The van der Waals surface area contributed by atoms with E-state index in [4.69, 9.17) is 23.2 Å². The van der Waals surface area contributed by atoms with Gasteiger partial charge in [0.15, 0.2) is 5.65 Å². The van der Waals surface area contributed by atoms with E-state index in [0.29, 0.717) is 15.9 Å². The van der Waals surface area contributed by atoms with Gasteiger partial charge < -0.3 is 0 Å². The number of aromatic nitrogens is 4. The fourth-order valence-electron chi connectivity index (χ4n) is 2.53. The van der Waals surface area contributed by atoms with Gasteiger partial charge in [-0.05, 0) is 37.3 Å². The number of aryl methyl sites for hydroxylation is 1. The summed E-state index contributed by atoms with van der Waals surface area (Å²) >= 11 is 12.2. The topological polar surface area (TPSA) is 77.2 Å². The molecule has 2 aromatic carbocycles. The molecule has 0 unspecified atom stereocenters. The molecule has 0 bridgehead atoms. The Kier molecular flexibility index (Phi) is 3.68. The summed E-state index contributed by atoms with van der Waals surface area (Å²) in [5.74, 6) is 0. The summed E-state index contributed by atoms with van der Waals surface area (Å²) < 4.78 is 27.1. The lowest BCUT2D eigenvalue weighted by Gasteiger charge is -2.05. The van der Waals surface area contributed by atoms with Gasteiger partial charge in [0.2, 0.25) is 14.9 Å². The molecule has 0 spiro atoms. The molecule has 0 amide bonds. The van der Waals surface area contributed by atoms with Crippen LogP contribution in [0.15, 0.2) is 52.4 Å². The van der Waals surface area contributed by atoms with Crippen LogP contribution in [0.2, 0.25) is 10.2 Å². The highest BCUT2D eigenvalue weighted by molar-refractivity contribution is 7.91. The second-order valence-corrected chi connectivity index (χ2v) is 8.17. The number of rotatable bonds is 2. The van der Waals surface area contributed by atoms with Crippen LogP contribution < -0.4 is 0 Å². The molecule has 6 nitrogen and oxygen atoms in total. The molecule has 2 aromatic heterocycles. The van der Waals surface area contributed by atoms with Crippen molar-refractivity contribution in [2.45, 2.75) is 16.8 Å². The summed E-state index contributed by atoms with van der Waals surface area (Å²) in [6.07, 6.45) is 0. The zero-order valence-electron chi connectivity index (χ0n) is 12.8. The molecule has 4 aromatic rings. The summed E-state index contributed by atoms with van der Waals surface area (Å²) in [4.78, 5) is 4.30. The molecule has 0 aliphatic heterocycles. The zero-order chi connectivity index (χ0) is 17.8. The SMILES string of the molecule is Cc1ccc(S(=O)(=O)c2nnn3c2nc(Cl)c2cc(Cl)ccc23)cc1. The van der Waals surface area contributed by atoms with Gasteiger partial charge >= 0.3 is 0 Å². The average molecular weight is 393 g/mol. The minimum Gasteiger partial charge on any atom is -0.217 e. The first-order valence-corrected chi connectivity index (χ1v) is 9.44. The second-order valence-electron chi connectivity index (χ2n) is 5.51. The van der Waals surface area contributed by atoms with Gasteiger partial charge in [0.25, 0.3) is 0 Å². The lowest BCUT2D eigenvalue weighted by Crippen LogP contribution is -2.04. The first kappa shape index (κ1) is 16.3. The molecule has 0 radical (unpaired) electrons. The Morgan fingerprint density at radius 2 is 1.76 bits per heavy atom. The van der Waals surface area contributed by atoms with Crippen LogP contribution in [0.3, 0.4) is 0 Å². The van der Waals surface area contributed by atoms with Crippen LogP contribution in [0.5, 0.6) is 0 Å². The van der Waals surface area contributed by atoms with Crippen molar-refractivity contribution in [1.82, 2.24) is 19.8 Å². The summed E-state index contributed by atoms with van der Waals surface area (Å²) in [6, 6.07) is 11.5. The van der Waals surface area contributed by atoms with Crippen molar-refractivity contribution in [2.75, 3.05) is 0 Å². The number of hydrogen-bond acceptors (Lipinski definition) is 5. The minimum absolute atomic E-state index is 0.0698. The van der Waals surface area contributed by atoms with Gasteiger partial charge in [0, 0.05) is 10.4 Å². The number of benzene rings is 2. The van der Waals surface area contributed by atoms with Crippen molar-refractivity contribution in [2.24, 2.45) is 0 Å². The maximum Gasteiger partial charge on any atom is 0.229 e. The first-order chi connectivity index (χ1) is 11.9. The van der Waals surface area contributed by atoms with Gasteiger partial charge in [-0.2, -0.15) is 4.52 Å².